The maximum atomic E-state index is 6.12. The van der Waals surface area contributed by atoms with Crippen molar-refractivity contribution in [2.75, 3.05) is 0 Å². The zero-order valence-corrected chi connectivity index (χ0v) is 14.3. The molecule has 0 amide bonds. The van der Waals surface area contributed by atoms with Crippen LogP contribution in [0.2, 0.25) is 0 Å². The zero-order valence-electron chi connectivity index (χ0n) is 14.3. The largest absolute Gasteiger partial charge is 0.453 e. The Labute approximate surface area is 150 Å². The van der Waals surface area contributed by atoms with E-state index < -0.39 is 0 Å². The number of hydrogen-bond donors (Lipinski definition) is 2. The summed E-state index contributed by atoms with van der Waals surface area (Å²) in [5.41, 5.74) is 5.19. The molecule has 26 heavy (non-hydrogen) atoms. The normalized spacial score (nSPS) is 11.3. The van der Waals surface area contributed by atoms with Gasteiger partial charge in [-0.1, -0.05) is 42.5 Å². The fraction of sp³-hybridized carbons (Fsp3) is 0.0455. The number of hydrogen-bond acceptors (Lipinski definition) is 2. The molecule has 0 fully saturated rings. The van der Waals surface area contributed by atoms with Gasteiger partial charge in [-0.15, -0.1) is 0 Å². The number of para-hydroxylation sites is 1. The summed E-state index contributed by atoms with van der Waals surface area (Å²) in [4.78, 5) is 11.4. The molecular formula is C22H17N3O. The number of aromatic nitrogens is 3. The summed E-state index contributed by atoms with van der Waals surface area (Å²) in [7, 11) is 0. The van der Waals surface area contributed by atoms with Crippen molar-refractivity contribution in [1.82, 2.24) is 15.0 Å². The van der Waals surface area contributed by atoms with Crippen molar-refractivity contribution in [3.05, 3.63) is 78.6 Å². The molecular weight excluding hydrogens is 322 g/mol. The lowest BCUT2D eigenvalue weighted by Crippen LogP contribution is -1.80. The third kappa shape index (κ3) is 2.35. The van der Waals surface area contributed by atoms with Crippen LogP contribution in [0, 0.1) is 6.92 Å². The SMILES string of the molecule is Cc1[nH]c(-c2ccc(-c3cccc4cc[nH]c34)o2)nc1-c1ccccc1. The molecule has 0 saturated carbocycles. The molecule has 0 aliphatic heterocycles. The number of aromatic amines is 2. The lowest BCUT2D eigenvalue weighted by molar-refractivity contribution is 0.593. The van der Waals surface area contributed by atoms with Gasteiger partial charge in [-0.25, -0.2) is 4.98 Å². The number of rotatable bonds is 3. The average molecular weight is 339 g/mol. The van der Waals surface area contributed by atoms with E-state index in [1.165, 1.54) is 5.39 Å². The van der Waals surface area contributed by atoms with Crippen molar-refractivity contribution in [2.45, 2.75) is 6.92 Å². The molecule has 3 aromatic heterocycles. The maximum absolute atomic E-state index is 6.12. The molecule has 0 atom stereocenters. The molecule has 2 N–H and O–H groups in total. The highest BCUT2D eigenvalue weighted by Gasteiger charge is 2.15. The summed E-state index contributed by atoms with van der Waals surface area (Å²) in [6.45, 7) is 2.03. The van der Waals surface area contributed by atoms with Crippen LogP contribution in [0.1, 0.15) is 5.69 Å². The predicted molar refractivity (Wildman–Crippen MR) is 104 cm³/mol. The molecule has 3 heterocycles. The number of fused-ring (bicyclic) bond motifs is 1. The summed E-state index contributed by atoms with van der Waals surface area (Å²) in [5, 5.41) is 1.17. The summed E-state index contributed by atoms with van der Waals surface area (Å²) in [5.74, 6) is 2.29. The second-order valence-electron chi connectivity index (χ2n) is 6.34. The molecule has 0 saturated heterocycles. The molecule has 0 radical (unpaired) electrons. The monoisotopic (exact) mass is 339 g/mol. The molecule has 126 valence electrons. The second kappa shape index (κ2) is 5.77. The highest BCUT2D eigenvalue weighted by Crippen LogP contribution is 2.33. The second-order valence-corrected chi connectivity index (χ2v) is 6.34. The van der Waals surface area contributed by atoms with Crippen molar-refractivity contribution in [3.63, 3.8) is 0 Å². The number of H-pyrrole nitrogens is 2. The summed E-state index contributed by atoms with van der Waals surface area (Å²) in [6.07, 6.45) is 1.94. The third-order valence-corrected chi connectivity index (χ3v) is 4.62. The lowest BCUT2D eigenvalue weighted by atomic mass is 10.1. The molecule has 0 bridgehead atoms. The van der Waals surface area contributed by atoms with Gasteiger partial charge in [0.1, 0.15) is 5.76 Å². The van der Waals surface area contributed by atoms with Gasteiger partial charge < -0.3 is 14.4 Å². The van der Waals surface area contributed by atoms with Crippen LogP contribution >= 0.6 is 0 Å². The Morgan fingerprint density at radius 1 is 0.846 bits per heavy atom. The van der Waals surface area contributed by atoms with E-state index in [0.717, 1.165) is 45.4 Å². The molecule has 5 rings (SSSR count). The number of aryl methyl sites for hydroxylation is 1. The van der Waals surface area contributed by atoms with Crippen molar-refractivity contribution >= 4 is 10.9 Å². The molecule has 0 aliphatic rings. The Kier molecular flexibility index (Phi) is 3.28. The van der Waals surface area contributed by atoms with E-state index in [4.69, 9.17) is 9.40 Å². The molecule has 0 spiro atoms. The molecule has 0 unspecified atom stereocenters. The van der Waals surface area contributed by atoms with E-state index in [1.807, 2.05) is 49.5 Å². The lowest BCUT2D eigenvalue weighted by Gasteiger charge is -1.99. The van der Waals surface area contributed by atoms with E-state index in [9.17, 15) is 0 Å². The van der Waals surface area contributed by atoms with Crippen molar-refractivity contribution in [1.29, 1.82) is 0 Å². The van der Waals surface area contributed by atoms with E-state index >= 15 is 0 Å². The van der Waals surface area contributed by atoms with E-state index in [-0.39, 0.29) is 0 Å². The maximum Gasteiger partial charge on any atom is 0.174 e. The summed E-state index contributed by atoms with van der Waals surface area (Å²) < 4.78 is 6.12. The van der Waals surface area contributed by atoms with Gasteiger partial charge in [-0.2, -0.15) is 0 Å². The van der Waals surface area contributed by atoms with Gasteiger partial charge in [0.2, 0.25) is 0 Å². The van der Waals surface area contributed by atoms with Crippen molar-refractivity contribution in [2.24, 2.45) is 0 Å². The molecule has 5 aromatic rings. The first-order chi connectivity index (χ1) is 12.8. The highest BCUT2D eigenvalue weighted by atomic mass is 16.3. The molecule has 4 heteroatoms. The summed E-state index contributed by atoms with van der Waals surface area (Å²) >= 11 is 0. The van der Waals surface area contributed by atoms with Crippen LogP contribution in [0.15, 0.2) is 77.3 Å². The predicted octanol–water partition coefficient (Wildman–Crippen LogP) is 5.79. The first kappa shape index (κ1) is 14.8. The molecule has 4 nitrogen and oxygen atoms in total. The number of benzene rings is 2. The third-order valence-electron chi connectivity index (χ3n) is 4.62. The Balaban J connectivity index is 1.56. The first-order valence-electron chi connectivity index (χ1n) is 8.58. The fourth-order valence-corrected chi connectivity index (χ4v) is 3.35. The molecule has 2 aromatic carbocycles. The number of furan rings is 1. The van der Waals surface area contributed by atoms with E-state index in [0.29, 0.717) is 0 Å². The molecule has 0 aliphatic carbocycles. The van der Waals surface area contributed by atoms with Crippen LogP contribution < -0.4 is 0 Å². The van der Waals surface area contributed by atoms with Gasteiger partial charge in [-0.05, 0) is 31.2 Å². The van der Waals surface area contributed by atoms with E-state index in [1.54, 1.807) is 0 Å². The van der Waals surface area contributed by atoms with Gasteiger partial charge in [0.25, 0.3) is 0 Å². The van der Waals surface area contributed by atoms with Gasteiger partial charge >= 0.3 is 0 Å². The van der Waals surface area contributed by atoms with Crippen molar-refractivity contribution < 1.29 is 4.42 Å². The average Bonchev–Trinajstić information content (AvgIpc) is 3.41. The van der Waals surface area contributed by atoms with Crippen LogP contribution in [0.4, 0.5) is 0 Å². The van der Waals surface area contributed by atoms with Crippen LogP contribution in [0.25, 0.3) is 45.1 Å². The Bertz CT molecular complexity index is 1190. The number of nitrogens with one attached hydrogen (secondary N) is 2. The Morgan fingerprint density at radius 2 is 1.69 bits per heavy atom. The van der Waals surface area contributed by atoms with Gasteiger partial charge in [0, 0.05) is 28.4 Å². The fourth-order valence-electron chi connectivity index (χ4n) is 3.35. The minimum atomic E-state index is 0.730. The van der Waals surface area contributed by atoms with Crippen molar-refractivity contribution in [3.8, 4) is 34.2 Å². The Hall–Kier alpha value is -3.53. The number of nitrogens with zero attached hydrogens (tertiary/aromatic N) is 1. The van der Waals surface area contributed by atoms with Crippen LogP contribution in [0.3, 0.4) is 0 Å². The van der Waals surface area contributed by atoms with E-state index in [2.05, 4.69) is 40.3 Å². The Morgan fingerprint density at radius 3 is 2.58 bits per heavy atom. The number of imidazole rings is 1. The van der Waals surface area contributed by atoms with Crippen LogP contribution in [-0.4, -0.2) is 15.0 Å². The highest BCUT2D eigenvalue weighted by molar-refractivity contribution is 5.93. The topological polar surface area (TPSA) is 57.6 Å². The minimum Gasteiger partial charge on any atom is -0.453 e. The first-order valence-corrected chi connectivity index (χ1v) is 8.58. The van der Waals surface area contributed by atoms with Gasteiger partial charge in [0.15, 0.2) is 11.6 Å². The smallest absolute Gasteiger partial charge is 0.174 e. The van der Waals surface area contributed by atoms with Crippen LogP contribution in [-0.2, 0) is 0 Å². The standard InChI is InChI=1S/C22H17N3O/c1-14-20(15-6-3-2-4-7-15)25-22(24-14)19-11-10-18(26-19)17-9-5-8-16-12-13-23-21(16)17/h2-13,23H,1H3,(H,24,25). The van der Waals surface area contributed by atoms with Gasteiger partial charge in [0.05, 0.1) is 11.2 Å². The summed E-state index contributed by atoms with van der Waals surface area (Å²) in [6, 6.07) is 22.4. The van der Waals surface area contributed by atoms with Gasteiger partial charge in [-0.3, -0.25) is 0 Å². The zero-order chi connectivity index (χ0) is 17.5. The van der Waals surface area contributed by atoms with Crippen LogP contribution in [0.5, 0.6) is 0 Å². The quantitative estimate of drug-likeness (QED) is 0.437. The minimum absolute atomic E-state index is 0.730.